The molecule has 1 aromatic rings. The lowest BCUT2D eigenvalue weighted by Crippen LogP contribution is -2.19. The second-order valence-electron chi connectivity index (χ2n) is 3.71. The van der Waals surface area contributed by atoms with E-state index in [1.807, 2.05) is 0 Å². The molecule has 0 aromatic heterocycles. The Kier molecular flexibility index (Phi) is 6.17. The third-order valence-corrected chi connectivity index (χ3v) is 2.76. The summed E-state index contributed by atoms with van der Waals surface area (Å²) >= 11 is 3.23. The molecule has 0 aliphatic rings. The van der Waals surface area contributed by atoms with E-state index in [0.29, 0.717) is 4.47 Å². The monoisotopic (exact) mass is 343 g/mol. The van der Waals surface area contributed by atoms with Crippen molar-refractivity contribution in [2.24, 2.45) is 0 Å². The van der Waals surface area contributed by atoms with Gasteiger partial charge in [-0.3, -0.25) is 9.59 Å². The molecule has 0 saturated heterocycles. The zero-order chi connectivity index (χ0) is 15.1. The summed E-state index contributed by atoms with van der Waals surface area (Å²) < 4.78 is 9.97. The fraction of sp³-hybridized carbons (Fsp3) is 0.308. The third-order valence-electron chi connectivity index (χ3n) is 2.27. The zero-order valence-electron chi connectivity index (χ0n) is 11.1. The molecule has 0 atom stereocenters. The van der Waals surface area contributed by atoms with Gasteiger partial charge in [0, 0.05) is 4.47 Å². The van der Waals surface area contributed by atoms with Crippen molar-refractivity contribution >= 4 is 39.5 Å². The van der Waals surface area contributed by atoms with Crippen molar-refractivity contribution in [2.45, 2.75) is 13.3 Å². The summed E-state index contributed by atoms with van der Waals surface area (Å²) in [7, 11) is 1.24. The molecule has 1 N–H and O–H groups in total. The van der Waals surface area contributed by atoms with Crippen LogP contribution in [0.2, 0.25) is 0 Å². The first-order chi connectivity index (χ1) is 9.47. The quantitative estimate of drug-likeness (QED) is 0.654. The van der Waals surface area contributed by atoms with Crippen LogP contribution in [0.1, 0.15) is 23.7 Å². The summed E-state index contributed by atoms with van der Waals surface area (Å²) in [4.78, 5) is 34.5. The Hall–Kier alpha value is -1.89. The second-order valence-corrected chi connectivity index (χ2v) is 4.63. The fourth-order valence-corrected chi connectivity index (χ4v) is 1.80. The molecule has 0 fully saturated rings. The summed E-state index contributed by atoms with van der Waals surface area (Å²) in [5.74, 6) is -1.77. The number of halogens is 1. The molecule has 6 nitrogen and oxygen atoms in total. The van der Waals surface area contributed by atoms with Crippen LogP contribution < -0.4 is 5.32 Å². The molecule has 1 rings (SSSR count). The van der Waals surface area contributed by atoms with Crippen molar-refractivity contribution < 1.29 is 23.9 Å². The summed E-state index contributed by atoms with van der Waals surface area (Å²) in [6.45, 7) is 1.86. The maximum atomic E-state index is 11.7. The first-order valence-electron chi connectivity index (χ1n) is 5.81. The molecule has 20 heavy (non-hydrogen) atoms. The first-order valence-corrected chi connectivity index (χ1v) is 6.60. The average molecular weight is 344 g/mol. The molecule has 0 unspecified atom stereocenters. The van der Waals surface area contributed by atoms with Gasteiger partial charge in [-0.25, -0.2) is 4.79 Å². The van der Waals surface area contributed by atoms with Gasteiger partial charge in [0.25, 0.3) is 0 Å². The summed E-state index contributed by atoms with van der Waals surface area (Å²) in [6.07, 6.45) is -0.412. The van der Waals surface area contributed by atoms with Crippen LogP contribution in [0, 0.1) is 0 Å². The van der Waals surface area contributed by atoms with Crippen LogP contribution in [0.3, 0.4) is 0 Å². The van der Waals surface area contributed by atoms with Gasteiger partial charge in [-0.15, -0.1) is 0 Å². The van der Waals surface area contributed by atoms with Crippen molar-refractivity contribution in [3.8, 4) is 0 Å². The number of carbonyl (C=O) groups is 3. The van der Waals surface area contributed by atoms with Gasteiger partial charge in [-0.2, -0.15) is 0 Å². The lowest BCUT2D eigenvalue weighted by Gasteiger charge is -2.10. The summed E-state index contributed by atoms with van der Waals surface area (Å²) in [5, 5.41) is 2.48. The number of methoxy groups -OCH3 is 1. The maximum Gasteiger partial charge on any atom is 0.340 e. The van der Waals surface area contributed by atoms with Crippen molar-refractivity contribution in [1.29, 1.82) is 0 Å². The van der Waals surface area contributed by atoms with E-state index >= 15 is 0 Å². The molecule has 0 spiro atoms. The molecular weight excluding hydrogens is 330 g/mol. The minimum atomic E-state index is -0.623. The fourth-order valence-electron chi connectivity index (χ4n) is 1.44. The largest absolute Gasteiger partial charge is 0.466 e. The Morgan fingerprint density at radius 2 is 2.00 bits per heavy atom. The second kappa shape index (κ2) is 7.64. The van der Waals surface area contributed by atoms with Gasteiger partial charge in [-0.05, 0) is 25.1 Å². The number of esters is 2. The predicted molar refractivity (Wildman–Crippen MR) is 75.4 cm³/mol. The van der Waals surface area contributed by atoms with Crippen molar-refractivity contribution in [3.05, 3.63) is 28.2 Å². The van der Waals surface area contributed by atoms with E-state index < -0.39 is 24.3 Å². The number of rotatable bonds is 5. The first kappa shape index (κ1) is 16.2. The molecule has 1 amide bonds. The third kappa shape index (κ3) is 4.65. The standard InChI is InChI=1S/C13H14BrNO5/c1-3-20-12(17)7-11(16)15-10-5-4-8(14)6-9(10)13(18)19-2/h4-6H,3,7H2,1-2H3,(H,15,16). The molecule has 0 radical (unpaired) electrons. The van der Waals surface area contributed by atoms with Gasteiger partial charge in [0.2, 0.25) is 5.91 Å². The highest BCUT2D eigenvalue weighted by molar-refractivity contribution is 9.10. The van der Waals surface area contributed by atoms with Crippen molar-refractivity contribution in [1.82, 2.24) is 0 Å². The SMILES string of the molecule is CCOC(=O)CC(=O)Nc1ccc(Br)cc1C(=O)OC. The smallest absolute Gasteiger partial charge is 0.340 e. The minimum absolute atomic E-state index is 0.194. The Morgan fingerprint density at radius 3 is 2.60 bits per heavy atom. The van der Waals surface area contributed by atoms with E-state index in [0.717, 1.165) is 0 Å². The van der Waals surface area contributed by atoms with E-state index in [4.69, 9.17) is 0 Å². The number of hydrogen-bond donors (Lipinski definition) is 1. The van der Waals surface area contributed by atoms with Crippen LogP contribution >= 0.6 is 15.9 Å². The molecule has 0 aliphatic heterocycles. The van der Waals surface area contributed by atoms with Gasteiger partial charge in [0.15, 0.2) is 0 Å². The lowest BCUT2D eigenvalue weighted by atomic mass is 10.1. The minimum Gasteiger partial charge on any atom is -0.466 e. The molecule has 0 heterocycles. The zero-order valence-corrected chi connectivity index (χ0v) is 12.7. The Labute approximate surface area is 124 Å². The van der Waals surface area contributed by atoms with Crippen LogP contribution in [0.25, 0.3) is 0 Å². The highest BCUT2D eigenvalue weighted by atomic mass is 79.9. The number of carbonyl (C=O) groups excluding carboxylic acids is 3. The van der Waals surface area contributed by atoms with Gasteiger partial charge < -0.3 is 14.8 Å². The van der Waals surface area contributed by atoms with Gasteiger partial charge in [0.05, 0.1) is 25.0 Å². The molecule has 0 aliphatic carbocycles. The molecule has 7 heteroatoms. The van der Waals surface area contributed by atoms with Crippen LogP contribution in [0.4, 0.5) is 5.69 Å². The van der Waals surface area contributed by atoms with E-state index in [1.165, 1.54) is 13.2 Å². The van der Waals surface area contributed by atoms with Gasteiger partial charge in [0.1, 0.15) is 6.42 Å². The number of benzene rings is 1. The lowest BCUT2D eigenvalue weighted by molar-refractivity contribution is -0.145. The van der Waals surface area contributed by atoms with Crippen LogP contribution in [-0.4, -0.2) is 31.6 Å². The van der Waals surface area contributed by atoms with E-state index in [2.05, 4.69) is 30.7 Å². The van der Waals surface area contributed by atoms with Crippen LogP contribution in [0.5, 0.6) is 0 Å². The topological polar surface area (TPSA) is 81.7 Å². The number of ether oxygens (including phenoxy) is 2. The number of nitrogens with one attached hydrogen (secondary N) is 1. The Bertz CT molecular complexity index is 529. The number of hydrogen-bond acceptors (Lipinski definition) is 5. The van der Waals surface area contributed by atoms with Crippen LogP contribution in [0.15, 0.2) is 22.7 Å². The summed E-state index contributed by atoms with van der Waals surface area (Å²) in [6, 6.07) is 4.72. The number of anilines is 1. The average Bonchev–Trinajstić information content (AvgIpc) is 2.40. The highest BCUT2D eigenvalue weighted by Crippen LogP contribution is 2.22. The summed E-state index contributed by atoms with van der Waals surface area (Å²) in [5.41, 5.74) is 0.466. The molecule has 1 aromatic carbocycles. The van der Waals surface area contributed by atoms with E-state index in [1.54, 1.807) is 19.1 Å². The molecule has 0 saturated carbocycles. The molecular formula is C13H14BrNO5. The predicted octanol–water partition coefficient (Wildman–Crippen LogP) is 2.13. The van der Waals surface area contributed by atoms with Gasteiger partial charge >= 0.3 is 11.9 Å². The number of amides is 1. The molecule has 108 valence electrons. The maximum absolute atomic E-state index is 11.7. The van der Waals surface area contributed by atoms with Crippen molar-refractivity contribution in [2.75, 3.05) is 19.0 Å². The normalized spacial score (nSPS) is 9.75. The van der Waals surface area contributed by atoms with E-state index in [-0.39, 0.29) is 17.9 Å². The van der Waals surface area contributed by atoms with Crippen LogP contribution in [-0.2, 0) is 19.1 Å². The Morgan fingerprint density at radius 1 is 1.30 bits per heavy atom. The Balaban J connectivity index is 2.84. The van der Waals surface area contributed by atoms with Gasteiger partial charge in [-0.1, -0.05) is 15.9 Å². The van der Waals surface area contributed by atoms with E-state index in [9.17, 15) is 14.4 Å². The van der Waals surface area contributed by atoms with Crippen molar-refractivity contribution in [3.63, 3.8) is 0 Å². The molecule has 0 bridgehead atoms. The highest BCUT2D eigenvalue weighted by Gasteiger charge is 2.16.